The van der Waals surface area contributed by atoms with Crippen molar-refractivity contribution >= 4 is 38.7 Å². The summed E-state index contributed by atoms with van der Waals surface area (Å²) < 4.78 is 26.5. The summed E-state index contributed by atoms with van der Waals surface area (Å²) in [7, 11) is 0.710. The Morgan fingerprint density at radius 2 is 1.56 bits per heavy atom. The van der Waals surface area contributed by atoms with Crippen molar-refractivity contribution in [1.29, 1.82) is 0 Å². The Kier molecular flexibility index (Phi) is 7.88. The molecule has 1 aliphatic rings. The van der Waals surface area contributed by atoms with Crippen molar-refractivity contribution in [2.45, 2.75) is 29.4 Å². The van der Waals surface area contributed by atoms with E-state index in [0.717, 1.165) is 37.2 Å². The van der Waals surface area contributed by atoms with Crippen LogP contribution < -0.4 is 4.90 Å². The number of piperidine rings is 1. The molecule has 1 heterocycles. The summed E-state index contributed by atoms with van der Waals surface area (Å²) in [5, 5.41) is 0.777. The highest BCUT2D eigenvalue weighted by molar-refractivity contribution is 7.92. The van der Waals surface area contributed by atoms with Crippen LogP contribution in [0.2, 0.25) is 10.0 Å². The standard InChI is InChI=1S/C27H30Cl2N2O2S/c1-30(2)23-8-3-20(4-9-23)13-16-31-17-14-25(15-18-31)34(32,33)24-10-5-21(6-11-24)26-12-7-22(28)19-27(26)29/h3-12,19,25H,13-18H2,1-2H3. The molecule has 1 saturated heterocycles. The lowest BCUT2D eigenvalue weighted by Gasteiger charge is -2.31. The predicted octanol–water partition coefficient (Wildman–Crippen LogP) is 6.21. The number of hydrogen-bond donors (Lipinski definition) is 0. The normalized spacial score (nSPS) is 15.4. The molecule has 7 heteroatoms. The molecule has 4 nitrogen and oxygen atoms in total. The summed E-state index contributed by atoms with van der Waals surface area (Å²) in [4.78, 5) is 4.84. The summed E-state index contributed by atoms with van der Waals surface area (Å²) >= 11 is 12.3. The van der Waals surface area contributed by atoms with E-state index in [2.05, 4.69) is 34.1 Å². The van der Waals surface area contributed by atoms with Gasteiger partial charge in [0.05, 0.1) is 10.1 Å². The molecule has 1 aliphatic heterocycles. The van der Waals surface area contributed by atoms with Crippen LogP contribution in [0, 0.1) is 0 Å². The maximum atomic E-state index is 13.3. The van der Waals surface area contributed by atoms with E-state index in [9.17, 15) is 8.42 Å². The van der Waals surface area contributed by atoms with Gasteiger partial charge in [0, 0.05) is 41.9 Å². The first-order chi connectivity index (χ1) is 16.2. The maximum Gasteiger partial charge on any atom is 0.181 e. The van der Waals surface area contributed by atoms with Gasteiger partial charge in [-0.2, -0.15) is 0 Å². The van der Waals surface area contributed by atoms with Crippen molar-refractivity contribution in [3.8, 4) is 11.1 Å². The molecule has 180 valence electrons. The van der Waals surface area contributed by atoms with Crippen LogP contribution in [0.15, 0.2) is 71.6 Å². The second kappa shape index (κ2) is 10.7. The summed E-state index contributed by atoms with van der Waals surface area (Å²) in [5.74, 6) is 0. The largest absolute Gasteiger partial charge is 0.378 e. The van der Waals surface area contributed by atoms with Crippen molar-refractivity contribution in [2.24, 2.45) is 0 Å². The summed E-state index contributed by atoms with van der Waals surface area (Å²) in [6, 6.07) is 21.0. The average molecular weight is 518 g/mol. The third-order valence-corrected chi connectivity index (χ3v) is 9.39. The molecule has 0 radical (unpaired) electrons. The van der Waals surface area contributed by atoms with Crippen LogP contribution in [0.25, 0.3) is 11.1 Å². The van der Waals surface area contributed by atoms with Crippen LogP contribution in [0.4, 0.5) is 5.69 Å². The molecule has 1 fully saturated rings. The summed E-state index contributed by atoms with van der Waals surface area (Å²) in [6.07, 6.45) is 2.29. The first-order valence-corrected chi connectivity index (χ1v) is 13.8. The van der Waals surface area contributed by atoms with E-state index in [4.69, 9.17) is 23.2 Å². The average Bonchev–Trinajstić information content (AvgIpc) is 2.83. The van der Waals surface area contributed by atoms with Gasteiger partial charge in [-0.1, -0.05) is 53.5 Å². The third-order valence-electron chi connectivity index (χ3n) is 6.57. The van der Waals surface area contributed by atoms with Gasteiger partial charge in [-0.15, -0.1) is 0 Å². The van der Waals surface area contributed by atoms with Gasteiger partial charge < -0.3 is 9.80 Å². The number of rotatable bonds is 7. The molecular weight excluding hydrogens is 487 g/mol. The highest BCUT2D eigenvalue weighted by atomic mass is 35.5. The molecule has 0 atom stereocenters. The van der Waals surface area contributed by atoms with Gasteiger partial charge in [-0.25, -0.2) is 8.42 Å². The number of likely N-dealkylation sites (tertiary alicyclic amines) is 1. The molecule has 3 aromatic rings. The van der Waals surface area contributed by atoms with Gasteiger partial charge >= 0.3 is 0 Å². The fourth-order valence-electron chi connectivity index (χ4n) is 4.43. The number of anilines is 1. The lowest BCUT2D eigenvalue weighted by Crippen LogP contribution is -2.40. The highest BCUT2D eigenvalue weighted by Gasteiger charge is 2.31. The van der Waals surface area contributed by atoms with Crippen molar-refractivity contribution in [3.05, 3.63) is 82.3 Å². The lowest BCUT2D eigenvalue weighted by atomic mass is 10.1. The Morgan fingerprint density at radius 3 is 2.15 bits per heavy atom. The van der Waals surface area contributed by atoms with Gasteiger partial charge in [0.25, 0.3) is 0 Å². The Labute approximate surface area is 213 Å². The summed E-state index contributed by atoms with van der Waals surface area (Å²) in [6.45, 7) is 2.56. The molecule has 4 rings (SSSR count). The molecular formula is C27H30Cl2N2O2S. The van der Waals surface area contributed by atoms with Gasteiger partial charge in [0.1, 0.15) is 0 Å². The first-order valence-electron chi connectivity index (χ1n) is 11.5. The molecule has 0 spiro atoms. The van der Waals surface area contributed by atoms with Crippen LogP contribution in [-0.4, -0.2) is 52.3 Å². The molecule has 34 heavy (non-hydrogen) atoms. The molecule has 0 N–H and O–H groups in total. The number of halogens is 2. The Hall–Kier alpha value is -2.05. The van der Waals surface area contributed by atoms with Crippen molar-refractivity contribution in [1.82, 2.24) is 4.90 Å². The molecule has 0 aliphatic carbocycles. The Morgan fingerprint density at radius 1 is 0.912 bits per heavy atom. The zero-order chi connectivity index (χ0) is 24.3. The molecule has 0 bridgehead atoms. The van der Waals surface area contributed by atoms with Gasteiger partial charge in [-0.05, 0) is 79.9 Å². The van der Waals surface area contributed by atoms with Gasteiger partial charge in [0.2, 0.25) is 0 Å². The van der Waals surface area contributed by atoms with E-state index in [1.165, 1.54) is 11.3 Å². The first kappa shape index (κ1) is 25.1. The smallest absolute Gasteiger partial charge is 0.181 e. The summed E-state index contributed by atoms with van der Waals surface area (Å²) in [5.41, 5.74) is 4.20. The van der Waals surface area contributed by atoms with Crippen LogP contribution in [0.5, 0.6) is 0 Å². The molecule has 0 unspecified atom stereocenters. The van der Waals surface area contributed by atoms with E-state index in [1.54, 1.807) is 24.3 Å². The predicted molar refractivity (Wildman–Crippen MR) is 143 cm³/mol. The zero-order valence-electron chi connectivity index (χ0n) is 19.5. The minimum Gasteiger partial charge on any atom is -0.378 e. The minimum absolute atomic E-state index is 0.340. The van der Waals surface area contributed by atoms with E-state index in [1.807, 2.05) is 32.3 Å². The Balaban J connectivity index is 1.34. The number of hydrogen-bond acceptors (Lipinski definition) is 4. The van der Waals surface area contributed by atoms with E-state index >= 15 is 0 Å². The monoisotopic (exact) mass is 516 g/mol. The highest BCUT2D eigenvalue weighted by Crippen LogP contribution is 2.32. The number of sulfone groups is 1. The minimum atomic E-state index is -3.37. The third kappa shape index (κ3) is 5.77. The quantitative estimate of drug-likeness (QED) is 0.374. The van der Waals surface area contributed by atoms with Crippen molar-refractivity contribution < 1.29 is 8.42 Å². The Bertz CT molecular complexity index is 1220. The van der Waals surface area contributed by atoms with Gasteiger partial charge in [0.15, 0.2) is 9.84 Å². The zero-order valence-corrected chi connectivity index (χ0v) is 21.9. The molecule has 3 aromatic carbocycles. The second-order valence-electron chi connectivity index (χ2n) is 9.05. The van der Waals surface area contributed by atoms with Crippen LogP contribution in [-0.2, 0) is 16.3 Å². The maximum absolute atomic E-state index is 13.3. The van der Waals surface area contributed by atoms with E-state index in [-0.39, 0.29) is 5.25 Å². The number of nitrogens with zero attached hydrogens (tertiary/aromatic N) is 2. The van der Waals surface area contributed by atoms with Crippen molar-refractivity contribution in [3.63, 3.8) is 0 Å². The van der Waals surface area contributed by atoms with Crippen LogP contribution in [0.3, 0.4) is 0 Å². The molecule has 0 amide bonds. The van der Waals surface area contributed by atoms with Crippen LogP contribution in [0.1, 0.15) is 18.4 Å². The molecule has 0 saturated carbocycles. The fourth-order valence-corrected chi connectivity index (χ4v) is 6.68. The van der Waals surface area contributed by atoms with Crippen LogP contribution >= 0.6 is 23.2 Å². The topological polar surface area (TPSA) is 40.6 Å². The SMILES string of the molecule is CN(C)c1ccc(CCN2CCC(S(=O)(=O)c3ccc(-c4ccc(Cl)cc4Cl)cc3)CC2)cc1. The fraction of sp³-hybridized carbons (Fsp3) is 0.333. The van der Waals surface area contributed by atoms with E-state index in [0.29, 0.717) is 27.8 Å². The van der Waals surface area contributed by atoms with Gasteiger partial charge in [-0.3, -0.25) is 0 Å². The lowest BCUT2D eigenvalue weighted by molar-refractivity contribution is 0.232. The second-order valence-corrected chi connectivity index (χ2v) is 12.1. The molecule has 0 aromatic heterocycles. The number of benzene rings is 3. The van der Waals surface area contributed by atoms with E-state index < -0.39 is 9.84 Å². The van der Waals surface area contributed by atoms with Crippen molar-refractivity contribution in [2.75, 3.05) is 38.6 Å².